The summed E-state index contributed by atoms with van der Waals surface area (Å²) in [6.45, 7) is 4.90. The van der Waals surface area contributed by atoms with Gasteiger partial charge in [-0.2, -0.15) is 5.10 Å². The lowest BCUT2D eigenvalue weighted by Gasteiger charge is -2.21. The smallest absolute Gasteiger partial charge is 0.165 e. The molecule has 0 radical (unpaired) electrons. The van der Waals surface area contributed by atoms with Gasteiger partial charge in [0.05, 0.1) is 30.7 Å². The average molecular weight is 364 g/mol. The van der Waals surface area contributed by atoms with Crippen molar-refractivity contribution in [3.63, 3.8) is 0 Å². The molecule has 0 amide bonds. The van der Waals surface area contributed by atoms with Crippen LogP contribution in [0.2, 0.25) is 0 Å². The zero-order valence-electron chi connectivity index (χ0n) is 15.6. The fourth-order valence-corrected chi connectivity index (χ4v) is 4.04. The summed E-state index contributed by atoms with van der Waals surface area (Å²) in [5.74, 6) is 1.76. The van der Waals surface area contributed by atoms with E-state index in [4.69, 9.17) is 9.84 Å². The third-order valence-electron chi connectivity index (χ3n) is 5.43. The quantitative estimate of drug-likeness (QED) is 0.771. The molecule has 5 rings (SSSR count). The first-order valence-electron chi connectivity index (χ1n) is 9.58. The van der Waals surface area contributed by atoms with E-state index in [-0.39, 0.29) is 0 Å². The van der Waals surface area contributed by atoms with Gasteiger partial charge >= 0.3 is 0 Å². The average Bonchev–Trinajstić information content (AvgIpc) is 3.47. The van der Waals surface area contributed by atoms with Gasteiger partial charge in [0.15, 0.2) is 5.82 Å². The van der Waals surface area contributed by atoms with Crippen LogP contribution in [0, 0.1) is 0 Å². The van der Waals surface area contributed by atoms with Crippen LogP contribution in [0.1, 0.15) is 18.5 Å². The van der Waals surface area contributed by atoms with E-state index in [0.29, 0.717) is 0 Å². The predicted molar refractivity (Wildman–Crippen MR) is 104 cm³/mol. The molecule has 0 atom stereocenters. The topological polar surface area (TPSA) is 60.1 Å². The molecule has 0 aliphatic carbocycles. The molecule has 0 unspecified atom stereocenters. The first kappa shape index (κ1) is 16.4. The minimum atomic E-state index is 0.853. The third kappa shape index (κ3) is 2.88. The molecule has 4 heterocycles. The van der Waals surface area contributed by atoms with Gasteiger partial charge in [-0.15, -0.1) is 0 Å². The van der Waals surface area contributed by atoms with E-state index in [9.17, 15) is 0 Å². The number of rotatable bonds is 4. The standard InChI is InChI=1S/C20H24N6O/c1-27-19-13-15(4-5-18(19)24-8-2-3-9-24)25-10-7-22-20(25)17-12-16-14-21-6-11-26(16)23-17/h4-5,7,10,12-13,21H,2-3,6,8-9,11,14H2,1H3. The fraction of sp³-hybridized carbons (Fsp3) is 0.400. The summed E-state index contributed by atoms with van der Waals surface area (Å²) in [6, 6.07) is 8.52. The van der Waals surface area contributed by atoms with Crippen molar-refractivity contribution in [3.8, 4) is 23.0 Å². The second kappa shape index (κ2) is 6.74. The summed E-state index contributed by atoms with van der Waals surface area (Å²) < 4.78 is 9.86. The van der Waals surface area contributed by atoms with Crippen molar-refractivity contribution in [2.45, 2.75) is 25.9 Å². The fourth-order valence-electron chi connectivity index (χ4n) is 4.04. The molecule has 1 aromatic carbocycles. The minimum absolute atomic E-state index is 0.853. The Balaban J connectivity index is 1.52. The largest absolute Gasteiger partial charge is 0.495 e. The molecule has 0 spiro atoms. The van der Waals surface area contributed by atoms with Crippen molar-refractivity contribution in [1.29, 1.82) is 0 Å². The molecule has 3 aromatic rings. The van der Waals surface area contributed by atoms with Gasteiger partial charge in [0.2, 0.25) is 0 Å². The number of imidazole rings is 1. The number of fused-ring (bicyclic) bond motifs is 1. The number of aromatic nitrogens is 4. The Kier molecular flexibility index (Phi) is 4.09. The monoisotopic (exact) mass is 364 g/mol. The van der Waals surface area contributed by atoms with E-state index < -0.39 is 0 Å². The summed E-state index contributed by atoms with van der Waals surface area (Å²) in [5.41, 5.74) is 4.31. The van der Waals surface area contributed by atoms with E-state index in [1.807, 2.05) is 12.4 Å². The van der Waals surface area contributed by atoms with Gasteiger partial charge in [0.1, 0.15) is 11.4 Å². The van der Waals surface area contributed by atoms with Gasteiger partial charge in [-0.05, 0) is 31.0 Å². The van der Waals surface area contributed by atoms with Gasteiger partial charge in [-0.25, -0.2) is 4.98 Å². The zero-order valence-corrected chi connectivity index (χ0v) is 15.6. The van der Waals surface area contributed by atoms with Crippen LogP contribution >= 0.6 is 0 Å². The molecule has 2 aliphatic heterocycles. The van der Waals surface area contributed by atoms with Gasteiger partial charge in [0.25, 0.3) is 0 Å². The van der Waals surface area contributed by atoms with Crippen molar-refractivity contribution in [1.82, 2.24) is 24.6 Å². The molecule has 0 saturated carbocycles. The number of ether oxygens (including phenoxy) is 1. The Hall–Kier alpha value is -2.80. The number of methoxy groups -OCH3 is 1. The zero-order chi connectivity index (χ0) is 18.2. The van der Waals surface area contributed by atoms with Crippen molar-refractivity contribution in [2.75, 3.05) is 31.6 Å². The number of nitrogens with zero attached hydrogens (tertiary/aromatic N) is 5. The number of hydrogen-bond donors (Lipinski definition) is 1. The van der Waals surface area contributed by atoms with Crippen LogP contribution in [0.15, 0.2) is 36.7 Å². The Morgan fingerprint density at radius 2 is 2.00 bits per heavy atom. The maximum Gasteiger partial charge on any atom is 0.165 e. The van der Waals surface area contributed by atoms with Crippen LogP contribution in [0.4, 0.5) is 5.69 Å². The number of nitrogens with one attached hydrogen (secondary N) is 1. The van der Waals surface area contributed by atoms with E-state index in [2.05, 4.69) is 48.7 Å². The molecule has 0 bridgehead atoms. The van der Waals surface area contributed by atoms with Gasteiger partial charge in [-0.1, -0.05) is 0 Å². The highest BCUT2D eigenvalue weighted by Crippen LogP contribution is 2.34. The van der Waals surface area contributed by atoms with Gasteiger partial charge < -0.3 is 15.0 Å². The Morgan fingerprint density at radius 3 is 2.81 bits per heavy atom. The molecular formula is C20H24N6O. The van der Waals surface area contributed by atoms with Crippen LogP contribution in [-0.2, 0) is 13.1 Å². The van der Waals surface area contributed by atoms with Crippen molar-refractivity contribution in [3.05, 3.63) is 42.4 Å². The highest BCUT2D eigenvalue weighted by Gasteiger charge is 2.19. The summed E-state index contributed by atoms with van der Waals surface area (Å²) in [4.78, 5) is 6.97. The molecule has 7 heteroatoms. The van der Waals surface area contributed by atoms with E-state index in [1.54, 1.807) is 7.11 Å². The molecule has 7 nitrogen and oxygen atoms in total. The van der Waals surface area contributed by atoms with Crippen LogP contribution in [0.3, 0.4) is 0 Å². The summed E-state index contributed by atoms with van der Waals surface area (Å²) in [5, 5.41) is 8.14. The second-order valence-corrected chi connectivity index (χ2v) is 7.09. The molecule has 1 N–H and O–H groups in total. The molecule has 27 heavy (non-hydrogen) atoms. The first-order chi connectivity index (χ1) is 13.3. The van der Waals surface area contributed by atoms with Crippen LogP contribution in [-0.4, -0.2) is 46.1 Å². The van der Waals surface area contributed by atoms with Crippen molar-refractivity contribution < 1.29 is 4.74 Å². The normalized spacial score (nSPS) is 16.6. The van der Waals surface area contributed by atoms with E-state index in [0.717, 1.165) is 55.7 Å². The van der Waals surface area contributed by atoms with Gasteiger partial charge in [0, 0.05) is 44.6 Å². The lowest BCUT2D eigenvalue weighted by molar-refractivity contribution is 0.414. The highest BCUT2D eigenvalue weighted by molar-refractivity contribution is 5.64. The summed E-state index contributed by atoms with van der Waals surface area (Å²) >= 11 is 0. The minimum Gasteiger partial charge on any atom is -0.495 e. The second-order valence-electron chi connectivity index (χ2n) is 7.09. The molecule has 140 valence electrons. The highest BCUT2D eigenvalue weighted by atomic mass is 16.5. The SMILES string of the molecule is COc1cc(-n2ccnc2-c2cc3n(n2)CCNC3)ccc1N1CCCC1. The Bertz CT molecular complexity index is 930. The Labute approximate surface area is 158 Å². The molecule has 1 fully saturated rings. The van der Waals surface area contributed by atoms with E-state index in [1.165, 1.54) is 24.2 Å². The maximum absolute atomic E-state index is 5.70. The molecule has 1 saturated heterocycles. The number of anilines is 1. The lowest BCUT2D eigenvalue weighted by atomic mass is 10.2. The van der Waals surface area contributed by atoms with Crippen LogP contribution < -0.4 is 15.0 Å². The Morgan fingerprint density at radius 1 is 1.11 bits per heavy atom. The van der Waals surface area contributed by atoms with E-state index >= 15 is 0 Å². The van der Waals surface area contributed by atoms with Crippen LogP contribution in [0.5, 0.6) is 5.75 Å². The number of benzene rings is 1. The summed E-state index contributed by atoms with van der Waals surface area (Å²) in [7, 11) is 1.74. The lowest BCUT2D eigenvalue weighted by Crippen LogP contribution is -2.28. The number of hydrogen-bond acceptors (Lipinski definition) is 5. The van der Waals surface area contributed by atoms with Crippen molar-refractivity contribution >= 4 is 5.69 Å². The third-order valence-corrected chi connectivity index (χ3v) is 5.43. The molecule has 2 aromatic heterocycles. The maximum atomic E-state index is 5.70. The molecular weight excluding hydrogens is 340 g/mol. The van der Waals surface area contributed by atoms with Gasteiger partial charge in [-0.3, -0.25) is 9.25 Å². The first-order valence-corrected chi connectivity index (χ1v) is 9.58. The predicted octanol–water partition coefficient (Wildman–Crippen LogP) is 2.45. The molecule has 2 aliphatic rings. The van der Waals surface area contributed by atoms with Crippen molar-refractivity contribution in [2.24, 2.45) is 0 Å². The summed E-state index contributed by atoms with van der Waals surface area (Å²) in [6.07, 6.45) is 6.30. The van der Waals surface area contributed by atoms with Crippen LogP contribution in [0.25, 0.3) is 17.2 Å².